The van der Waals surface area contributed by atoms with Gasteiger partial charge >= 0.3 is 0 Å². The molecule has 0 bridgehead atoms. The van der Waals surface area contributed by atoms with Gasteiger partial charge in [0.1, 0.15) is 5.54 Å². The molecule has 1 fully saturated rings. The van der Waals surface area contributed by atoms with Gasteiger partial charge in [-0.2, -0.15) is 5.26 Å². The van der Waals surface area contributed by atoms with E-state index in [1.807, 2.05) is 17.7 Å². The summed E-state index contributed by atoms with van der Waals surface area (Å²) in [5.41, 5.74) is 1.56. The number of carbonyl (C=O) groups excluding carboxylic acids is 1. The number of imidazole rings is 1. The van der Waals surface area contributed by atoms with Crippen LogP contribution in [0.1, 0.15) is 45.1 Å². The van der Waals surface area contributed by atoms with Crippen LogP contribution in [0.2, 0.25) is 0 Å². The molecule has 0 saturated heterocycles. The minimum absolute atomic E-state index is 0.129. The molecule has 1 aromatic heterocycles. The highest BCUT2D eigenvalue weighted by Gasteiger charge is 2.42. The zero-order valence-electron chi connectivity index (χ0n) is 15.4. The van der Waals surface area contributed by atoms with Gasteiger partial charge < -0.3 is 5.32 Å². The monoisotopic (exact) mass is 368 g/mol. The molecule has 6 heteroatoms. The molecule has 1 unspecified atom stereocenters. The van der Waals surface area contributed by atoms with Crippen LogP contribution in [-0.4, -0.2) is 26.8 Å². The fourth-order valence-corrected chi connectivity index (χ4v) is 3.72. The third-order valence-corrected chi connectivity index (χ3v) is 5.77. The number of rotatable bonds is 7. The second kappa shape index (κ2) is 7.55. The molecule has 5 nitrogen and oxygen atoms in total. The fraction of sp³-hybridized carbons (Fsp3) is 0.450. The number of hydrogen-bond acceptors (Lipinski definition) is 4. The third-order valence-electron chi connectivity index (χ3n) is 4.80. The van der Waals surface area contributed by atoms with Gasteiger partial charge in [-0.25, -0.2) is 4.98 Å². The van der Waals surface area contributed by atoms with Crippen LogP contribution in [0.15, 0.2) is 41.8 Å². The first-order chi connectivity index (χ1) is 12.4. The van der Waals surface area contributed by atoms with Gasteiger partial charge in [0.15, 0.2) is 5.16 Å². The van der Waals surface area contributed by atoms with Crippen molar-refractivity contribution in [1.29, 1.82) is 5.26 Å². The average molecular weight is 369 g/mol. The molecule has 0 spiro atoms. The Balaban J connectivity index is 1.64. The molecular weight excluding hydrogens is 344 g/mol. The summed E-state index contributed by atoms with van der Waals surface area (Å²) in [6.07, 6.45) is 5.65. The lowest BCUT2D eigenvalue weighted by molar-refractivity contribution is -0.119. The largest absolute Gasteiger partial charge is 0.337 e. The van der Waals surface area contributed by atoms with E-state index in [4.69, 9.17) is 0 Å². The SMILES string of the molecule is CC(C)c1ccc(-n2ccnc2SCC(=O)NC(C)(C#N)C2CC2)cc1. The number of nitriles is 1. The Morgan fingerprint density at radius 2 is 2.12 bits per heavy atom. The third kappa shape index (κ3) is 4.10. The molecular formula is C20H24N4OS. The fourth-order valence-electron chi connectivity index (χ4n) is 2.95. The van der Waals surface area contributed by atoms with Crippen molar-refractivity contribution in [2.75, 3.05) is 5.75 Å². The standard InChI is InChI=1S/C20H24N4OS/c1-14(2)15-4-8-17(9-5-15)24-11-10-22-19(24)26-12-18(25)23-20(3,13-21)16-6-7-16/h4-5,8-11,14,16H,6-7,12H2,1-3H3,(H,23,25). The summed E-state index contributed by atoms with van der Waals surface area (Å²) in [4.78, 5) is 16.7. The molecule has 1 aliphatic carbocycles. The lowest BCUT2D eigenvalue weighted by Crippen LogP contribution is -2.47. The van der Waals surface area contributed by atoms with Gasteiger partial charge in [0.25, 0.3) is 0 Å². The van der Waals surface area contributed by atoms with Gasteiger partial charge in [-0.1, -0.05) is 37.7 Å². The van der Waals surface area contributed by atoms with Crippen molar-refractivity contribution in [1.82, 2.24) is 14.9 Å². The van der Waals surface area contributed by atoms with Gasteiger partial charge in [0, 0.05) is 18.1 Å². The Labute approximate surface area is 158 Å². The molecule has 1 aliphatic rings. The summed E-state index contributed by atoms with van der Waals surface area (Å²) in [5.74, 6) is 0.884. The highest BCUT2D eigenvalue weighted by molar-refractivity contribution is 7.99. The maximum absolute atomic E-state index is 12.3. The van der Waals surface area contributed by atoms with Gasteiger partial charge in [-0.05, 0) is 49.3 Å². The summed E-state index contributed by atoms with van der Waals surface area (Å²) < 4.78 is 1.98. The van der Waals surface area contributed by atoms with E-state index in [2.05, 4.69) is 54.5 Å². The van der Waals surface area contributed by atoms with Gasteiger partial charge in [0.05, 0.1) is 11.8 Å². The van der Waals surface area contributed by atoms with E-state index in [1.54, 1.807) is 6.20 Å². The van der Waals surface area contributed by atoms with Crippen molar-refractivity contribution in [2.24, 2.45) is 5.92 Å². The van der Waals surface area contributed by atoms with Crippen LogP contribution in [0.25, 0.3) is 5.69 Å². The van der Waals surface area contributed by atoms with Crippen LogP contribution in [0, 0.1) is 17.2 Å². The highest BCUT2D eigenvalue weighted by Crippen LogP contribution is 2.39. The summed E-state index contributed by atoms with van der Waals surface area (Å²) in [7, 11) is 0. The highest BCUT2D eigenvalue weighted by atomic mass is 32.2. The van der Waals surface area contributed by atoms with Crippen molar-refractivity contribution >= 4 is 17.7 Å². The Morgan fingerprint density at radius 1 is 1.42 bits per heavy atom. The van der Waals surface area contributed by atoms with Crippen molar-refractivity contribution < 1.29 is 4.79 Å². The number of nitrogens with one attached hydrogen (secondary N) is 1. The lowest BCUT2D eigenvalue weighted by Gasteiger charge is -2.22. The van der Waals surface area contributed by atoms with Crippen molar-refractivity contribution in [2.45, 2.75) is 50.2 Å². The van der Waals surface area contributed by atoms with E-state index in [1.165, 1.54) is 17.3 Å². The van der Waals surface area contributed by atoms with Gasteiger partial charge in [-0.3, -0.25) is 9.36 Å². The second-order valence-corrected chi connectivity index (χ2v) is 8.19. The molecule has 26 heavy (non-hydrogen) atoms. The van der Waals surface area contributed by atoms with E-state index in [0.29, 0.717) is 5.92 Å². The number of amides is 1. The van der Waals surface area contributed by atoms with E-state index in [-0.39, 0.29) is 17.6 Å². The smallest absolute Gasteiger partial charge is 0.231 e. The molecule has 1 amide bonds. The first-order valence-corrected chi connectivity index (χ1v) is 9.90. The Kier molecular flexibility index (Phi) is 5.38. The molecule has 1 aromatic carbocycles. The topological polar surface area (TPSA) is 70.7 Å². The summed E-state index contributed by atoms with van der Waals surface area (Å²) in [5, 5.41) is 13.0. The number of nitrogens with zero attached hydrogens (tertiary/aromatic N) is 3. The van der Waals surface area contributed by atoms with Crippen LogP contribution in [-0.2, 0) is 4.79 Å². The molecule has 1 N–H and O–H groups in total. The number of benzene rings is 1. The zero-order chi connectivity index (χ0) is 18.7. The predicted octanol–water partition coefficient (Wildman–Crippen LogP) is 3.90. The number of aromatic nitrogens is 2. The van der Waals surface area contributed by atoms with Gasteiger partial charge in [-0.15, -0.1) is 0 Å². The molecule has 1 heterocycles. The first kappa shape index (κ1) is 18.5. The van der Waals surface area contributed by atoms with Crippen LogP contribution >= 0.6 is 11.8 Å². The van der Waals surface area contributed by atoms with Crippen LogP contribution in [0.5, 0.6) is 0 Å². The Bertz CT molecular complexity index is 817. The van der Waals surface area contributed by atoms with Crippen LogP contribution < -0.4 is 5.32 Å². The van der Waals surface area contributed by atoms with E-state index in [0.717, 1.165) is 23.7 Å². The molecule has 0 radical (unpaired) electrons. The Morgan fingerprint density at radius 3 is 2.69 bits per heavy atom. The molecule has 136 valence electrons. The molecule has 1 saturated carbocycles. The van der Waals surface area contributed by atoms with Crippen molar-refractivity contribution in [3.8, 4) is 11.8 Å². The zero-order valence-corrected chi connectivity index (χ0v) is 16.2. The van der Waals surface area contributed by atoms with E-state index < -0.39 is 5.54 Å². The maximum atomic E-state index is 12.3. The van der Waals surface area contributed by atoms with Crippen molar-refractivity contribution in [3.63, 3.8) is 0 Å². The maximum Gasteiger partial charge on any atom is 0.231 e. The number of hydrogen-bond donors (Lipinski definition) is 1. The second-order valence-electron chi connectivity index (χ2n) is 7.25. The molecule has 2 aromatic rings. The van der Waals surface area contributed by atoms with E-state index in [9.17, 15) is 10.1 Å². The molecule has 0 aliphatic heterocycles. The predicted molar refractivity (Wildman–Crippen MR) is 103 cm³/mol. The summed E-state index contributed by atoms with van der Waals surface area (Å²) in [6.45, 7) is 6.15. The summed E-state index contributed by atoms with van der Waals surface area (Å²) >= 11 is 1.38. The first-order valence-electron chi connectivity index (χ1n) is 8.91. The summed E-state index contributed by atoms with van der Waals surface area (Å²) in [6, 6.07) is 10.6. The quantitative estimate of drug-likeness (QED) is 0.753. The number of thioether (sulfide) groups is 1. The average Bonchev–Trinajstić information content (AvgIpc) is 3.39. The molecule has 1 atom stereocenters. The molecule has 3 rings (SSSR count). The minimum atomic E-state index is -0.750. The van der Waals surface area contributed by atoms with Crippen molar-refractivity contribution in [3.05, 3.63) is 42.2 Å². The minimum Gasteiger partial charge on any atom is -0.337 e. The van der Waals surface area contributed by atoms with E-state index >= 15 is 0 Å². The normalized spacial score (nSPS) is 16.1. The van der Waals surface area contributed by atoms with Crippen LogP contribution in [0.4, 0.5) is 0 Å². The Hall–Kier alpha value is -2.26. The number of carbonyl (C=O) groups is 1. The van der Waals surface area contributed by atoms with Crippen LogP contribution in [0.3, 0.4) is 0 Å². The lowest BCUT2D eigenvalue weighted by atomic mass is 9.98. The van der Waals surface area contributed by atoms with Gasteiger partial charge in [0.2, 0.25) is 5.91 Å².